The van der Waals surface area contributed by atoms with E-state index in [2.05, 4.69) is 0 Å². The maximum absolute atomic E-state index is 13.3. The Morgan fingerprint density at radius 3 is 2.52 bits per heavy atom. The minimum Gasteiger partial charge on any atom is -0.495 e. The molecular formula is C20H30N2O6S. The highest BCUT2D eigenvalue weighted by atomic mass is 32.2. The van der Waals surface area contributed by atoms with Gasteiger partial charge in [0, 0.05) is 25.2 Å². The standard InChI is InChI=1S/C20H30N2O6S/c1-4-21(5-2)29(24,25)18-14-15(9-10-17(18)26-3)19(23)22-11-7-6-8-16(22)20-27-12-13-28-20/h9-10,14,16,20H,4-8,11-13H2,1-3H3. The number of hydrogen-bond donors (Lipinski definition) is 0. The number of methoxy groups -OCH3 is 1. The van der Waals surface area contributed by atoms with Gasteiger partial charge in [-0.15, -0.1) is 0 Å². The molecule has 8 nitrogen and oxygen atoms in total. The van der Waals surface area contributed by atoms with Crippen molar-refractivity contribution in [1.82, 2.24) is 9.21 Å². The van der Waals surface area contributed by atoms with Gasteiger partial charge in [-0.25, -0.2) is 8.42 Å². The molecule has 3 rings (SSSR count). The highest BCUT2D eigenvalue weighted by molar-refractivity contribution is 7.89. The van der Waals surface area contributed by atoms with Crippen LogP contribution in [0.5, 0.6) is 5.75 Å². The summed E-state index contributed by atoms with van der Waals surface area (Å²) in [5, 5.41) is 0. The van der Waals surface area contributed by atoms with Crippen molar-refractivity contribution in [2.75, 3.05) is 40.0 Å². The molecule has 29 heavy (non-hydrogen) atoms. The average Bonchev–Trinajstić information content (AvgIpc) is 3.28. The van der Waals surface area contributed by atoms with Crippen molar-refractivity contribution in [2.24, 2.45) is 0 Å². The van der Waals surface area contributed by atoms with Crippen molar-refractivity contribution < 1.29 is 27.4 Å². The SMILES string of the molecule is CCN(CC)S(=O)(=O)c1cc(C(=O)N2CCCCC2C2OCCO2)ccc1OC. The molecule has 1 atom stereocenters. The molecule has 1 aromatic carbocycles. The highest BCUT2D eigenvalue weighted by Gasteiger charge is 2.37. The van der Waals surface area contributed by atoms with Crippen LogP contribution >= 0.6 is 0 Å². The molecule has 0 bridgehead atoms. The molecule has 2 saturated heterocycles. The summed E-state index contributed by atoms with van der Waals surface area (Å²) in [6, 6.07) is 4.43. The maximum atomic E-state index is 13.3. The van der Waals surface area contributed by atoms with Crippen LogP contribution in [0.1, 0.15) is 43.5 Å². The molecule has 2 aliphatic rings. The van der Waals surface area contributed by atoms with E-state index < -0.39 is 16.3 Å². The third-order valence-corrected chi connectivity index (χ3v) is 7.58. The number of rotatable bonds is 7. The van der Waals surface area contributed by atoms with Gasteiger partial charge in [0.2, 0.25) is 10.0 Å². The topological polar surface area (TPSA) is 85.4 Å². The summed E-state index contributed by atoms with van der Waals surface area (Å²) in [7, 11) is -2.35. The first-order chi connectivity index (χ1) is 13.9. The van der Waals surface area contributed by atoms with Crippen LogP contribution in [-0.2, 0) is 19.5 Å². The molecule has 9 heteroatoms. The second kappa shape index (κ2) is 9.42. The van der Waals surface area contributed by atoms with Crippen LogP contribution in [0.3, 0.4) is 0 Å². The van der Waals surface area contributed by atoms with Crippen LogP contribution in [0, 0.1) is 0 Å². The van der Waals surface area contributed by atoms with Gasteiger partial charge in [-0.1, -0.05) is 13.8 Å². The Hall–Kier alpha value is -1.68. The summed E-state index contributed by atoms with van der Waals surface area (Å²) in [5.41, 5.74) is 0.321. The highest BCUT2D eigenvalue weighted by Crippen LogP contribution is 2.30. The molecule has 0 saturated carbocycles. The molecule has 2 aliphatic heterocycles. The number of benzene rings is 1. The van der Waals surface area contributed by atoms with Gasteiger partial charge in [0.05, 0.1) is 26.4 Å². The van der Waals surface area contributed by atoms with Crippen LogP contribution in [-0.4, -0.2) is 75.8 Å². The minimum absolute atomic E-state index is 0.0106. The second-order valence-electron chi connectivity index (χ2n) is 7.13. The minimum atomic E-state index is -3.77. The van der Waals surface area contributed by atoms with E-state index in [1.54, 1.807) is 30.9 Å². The average molecular weight is 427 g/mol. The number of piperidine rings is 1. The molecule has 1 amide bonds. The van der Waals surface area contributed by atoms with Gasteiger partial charge in [-0.2, -0.15) is 4.31 Å². The normalized spacial score (nSPS) is 21.0. The van der Waals surface area contributed by atoms with Gasteiger partial charge < -0.3 is 19.1 Å². The first-order valence-corrected chi connectivity index (χ1v) is 11.6. The van der Waals surface area contributed by atoms with Gasteiger partial charge in [-0.3, -0.25) is 4.79 Å². The van der Waals surface area contributed by atoms with E-state index in [4.69, 9.17) is 14.2 Å². The van der Waals surface area contributed by atoms with Gasteiger partial charge >= 0.3 is 0 Å². The van der Waals surface area contributed by atoms with Crippen LogP contribution < -0.4 is 4.74 Å². The molecule has 0 N–H and O–H groups in total. The van der Waals surface area contributed by atoms with E-state index in [-0.39, 0.29) is 22.6 Å². The van der Waals surface area contributed by atoms with Crippen LogP contribution in [0.2, 0.25) is 0 Å². The van der Waals surface area contributed by atoms with E-state index >= 15 is 0 Å². The third kappa shape index (κ3) is 4.42. The van der Waals surface area contributed by atoms with Crippen molar-refractivity contribution in [3.8, 4) is 5.75 Å². The largest absolute Gasteiger partial charge is 0.495 e. The molecule has 0 spiro atoms. The molecule has 0 aromatic heterocycles. The summed E-state index contributed by atoms with van der Waals surface area (Å²) in [4.78, 5) is 15.1. The Morgan fingerprint density at radius 1 is 1.21 bits per heavy atom. The van der Waals surface area contributed by atoms with Gasteiger partial charge in [0.15, 0.2) is 6.29 Å². The molecular weight excluding hydrogens is 396 g/mol. The fraction of sp³-hybridized carbons (Fsp3) is 0.650. The summed E-state index contributed by atoms with van der Waals surface area (Å²) in [6.45, 7) is 5.88. The van der Waals surface area contributed by atoms with E-state index in [9.17, 15) is 13.2 Å². The van der Waals surface area contributed by atoms with E-state index in [1.807, 2.05) is 0 Å². The molecule has 2 heterocycles. The zero-order chi connectivity index (χ0) is 21.0. The molecule has 0 radical (unpaired) electrons. The first-order valence-electron chi connectivity index (χ1n) is 10.2. The van der Waals surface area contributed by atoms with Gasteiger partial charge in [0.25, 0.3) is 5.91 Å². The molecule has 2 fully saturated rings. The van der Waals surface area contributed by atoms with Gasteiger partial charge in [0.1, 0.15) is 10.6 Å². The van der Waals surface area contributed by atoms with Crippen molar-refractivity contribution in [2.45, 2.75) is 50.3 Å². The van der Waals surface area contributed by atoms with Crippen molar-refractivity contribution in [3.63, 3.8) is 0 Å². The fourth-order valence-corrected chi connectivity index (χ4v) is 5.61. The molecule has 162 valence electrons. The van der Waals surface area contributed by atoms with Crippen LogP contribution in [0.4, 0.5) is 0 Å². The summed E-state index contributed by atoms with van der Waals surface area (Å²) < 4.78 is 44.1. The molecule has 1 unspecified atom stereocenters. The predicted molar refractivity (Wildman–Crippen MR) is 107 cm³/mol. The Morgan fingerprint density at radius 2 is 1.90 bits per heavy atom. The lowest BCUT2D eigenvalue weighted by Gasteiger charge is -2.38. The number of amides is 1. The lowest BCUT2D eigenvalue weighted by atomic mass is 10.00. The first kappa shape index (κ1) is 22.0. The Kier molecular flexibility index (Phi) is 7.15. The summed E-state index contributed by atoms with van der Waals surface area (Å²) in [5.74, 6) is 0.0125. The number of hydrogen-bond acceptors (Lipinski definition) is 6. The van der Waals surface area contributed by atoms with E-state index in [0.29, 0.717) is 38.4 Å². The zero-order valence-corrected chi connectivity index (χ0v) is 18.1. The lowest BCUT2D eigenvalue weighted by Crippen LogP contribution is -2.50. The zero-order valence-electron chi connectivity index (χ0n) is 17.3. The number of nitrogens with zero attached hydrogens (tertiary/aromatic N) is 2. The van der Waals surface area contributed by atoms with E-state index in [0.717, 1.165) is 19.3 Å². The Balaban J connectivity index is 1.94. The molecule has 1 aromatic rings. The quantitative estimate of drug-likeness (QED) is 0.664. The predicted octanol–water partition coefficient (Wildman–Crippen LogP) is 2.09. The number of carbonyl (C=O) groups excluding carboxylic acids is 1. The second-order valence-corrected chi connectivity index (χ2v) is 9.03. The van der Waals surface area contributed by atoms with Crippen molar-refractivity contribution in [3.05, 3.63) is 23.8 Å². The van der Waals surface area contributed by atoms with Crippen molar-refractivity contribution in [1.29, 1.82) is 0 Å². The summed E-state index contributed by atoms with van der Waals surface area (Å²) >= 11 is 0. The number of carbonyl (C=O) groups is 1. The van der Waals surface area contributed by atoms with Crippen LogP contribution in [0.25, 0.3) is 0 Å². The Labute approximate surface area is 172 Å². The maximum Gasteiger partial charge on any atom is 0.254 e. The number of ether oxygens (including phenoxy) is 3. The number of likely N-dealkylation sites (tertiary alicyclic amines) is 1. The third-order valence-electron chi connectivity index (χ3n) is 5.51. The van der Waals surface area contributed by atoms with Crippen LogP contribution in [0.15, 0.2) is 23.1 Å². The molecule has 0 aliphatic carbocycles. The smallest absolute Gasteiger partial charge is 0.254 e. The lowest BCUT2D eigenvalue weighted by molar-refractivity contribution is -0.100. The van der Waals surface area contributed by atoms with Gasteiger partial charge in [-0.05, 0) is 37.5 Å². The van der Waals surface area contributed by atoms with Crippen molar-refractivity contribution >= 4 is 15.9 Å². The fourth-order valence-electron chi connectivity index (χ4n) is 3.97. The number of sulfonamides is 1. The summed E-state index contributed by atoms with van der Waals surface area (Å²) in [6.07, 6.45) is 2.28. The van der Waals surface area contributed by atoms with E-state index in [1.165, 1.54) is 17.5 Å². The Bertz CT molecular complexity index is 818. The monoisotopic (exact) mass is 426 g/mol.